The molecule has 0 aromatic heterocycles. The van der Waals surface area contributed by atoms with Crippen LogP contribution in [0.2, 0.25) is 0 Å². The van der Waals surface area contributed by atoms with Gasteiger partial charge < -0.3 is 10.4 Å². The Morgan fingerprint density at radius 1 is 1.25 bits per heavy atom. The minimum absolute atomic E-state index is 0.198. The van der Waals surface area contributed by atoms with Gasteiger partial charge in [-0.25, -0.2) is 0 Å². The summed E-state index contributed by atoms with van der Waals surface area (Å²) in [5.41, 5.74) is 0. The molecule has 1 saturated carbocycles. The van der Waals surface area contributed by atoms with E-state index in [0.717, 1.165) is 30.8 Å². The van der Waals surface area contributed by atoms with Gasteiger partial charge in [0.05, 0.1) is 0 Å². The molecule has 1 fully saturated rings. The average Bonchev–Trinajstić information content (AvgIpc) is 2.30. The first-order chi connectivity index (χ1) is 7.83. The summed E-state index contributed by atoms with van der Waals surface area (Å²) in [4.78, 5) is 11.6. The number of thioether (sulfide) groups is 1. The van der Waals surface area contributed by atoms with Crippen molar-refractivity contribution in [2.24, 2.45) is 0 Å². The van der Waals surface area contributed by atoms with Crippen molar-refractivity contribution in [2.45, 2.75) is 51.0 Å². The number of carbonyl (C=O) groups is 1. The van der Waals surface area contributed by atoms with E-state index in [0.29, 0.717) is 12.5 Å². The maximum absolute atomic E-state index is 11.6. The molecule has 0 saturated heterocycles. The van der Waals surface area contributed by atoms with Gasteiger partial charge in [0.15, 0.2) is 0 Å². The Morgan fingerprint density at radius 3 is 2.69 bits per heavy atom. The number of hydrogen-bond acceptors (Lipinski definition) is 3. The first-order valence-corrected chi connectivity index (χ1v) is 7.46. The van der Waals surface area contributed by atoms with E-state index < -0.39 is 0 Å². The summed E-state index contributed by atoms with van der Waals surface area (Å²) in [5.74, 6) is 2.02. The molecule has 94 valence electrons. The molecule has 0 heterocycles. The summed E-state index contributed by atoms with van der Waals surface area (Å²) < 4.78 is 0. The van der Waals surface area contributed by atoms with E-state index in [2.05, 4.69) is 5.32 Å². The van der Waals surface area contributed by atoms with Gasteiger partial charge in [-0.2, -0.15) is 11.8 Å². The van der Waals surface area contributed by atoms with Crippen LogP contribution in [0.15, 0.2) is 0 Å². The first-order valence-electron chi connectivity index (χ1n) is 6.31. The fourth-order valence-corrected chi connectivity index (χ4v) is 2.85. The molecule has 2 N–H and O–H groups in total. The van der Waals surface area contributed by atoms with Crippen LogP contribution in [0.5, 0.6) is 0 Å². The van der Waals surface area contributed by atoms with E-state index in [9.17, 15) is 4.79 Å². The van der Waals surface area contributed by atoms with Crippen molar-refractivity contribution in [1.82, 2.24) is 5.32 Å². The Bertz CT molecular complexity index is 193. The Hall–Kier alpha value is -0.220. The molecule has 1 aliphatic rings. The van der Waals surface area contributed by atoms with E-state index in [1.807, 2.05) is 0 Å². The van der Waals surface area contributed by atoms with Crippen LogP contribution in [-0.4, -0.2) is 35.2 Å². The number of rotatable bonds is 7. The highest BCUT2D eigenvalue weighted by Crippen LogP contribution is 2.17. The number of aliphatic hydroxyl groups excluding tert-OH is 1. The zero-order valence-corrected chi connectivity index (χ0v) is 10.7. The van der Waals surface area contributed by atoms with Gasteiger partial charge >= 0.3 is 0 Å². The molecular formula is C12H23NO2S. The van der Waals surface area contributed by atoms with E-state index in [4.69, 9.17) is 5.11 Å². The Kier molecular flexibility index (Phi) is 7.68. The van der Waals surface area contributed by atoms with Crippen LogP contribution in [0.25, 0.3) is 0 Å². The lowest BCUT2D eigenvalue weighted by atomic mass is 9.95. The summed E-state index contributed by atoms with van der Waals surface area (Å²) in [7, 11) is 0. The third-order valence-electron chi connectivity index (χ3n) is 2.89. The van der Waals surface area contributed by atoms with Crippen molar-refractivity contribution in [3.05, 3.63) is 0 Å². The highest BCUT2D eigenvalue weighted by atomic mass is 32.2. The second-order valence-electron chi connectivity index (χ2n) is 4.34. The first kappa shape index (κ1) is 13.8. The van der Waals surface area contributed by atoms with Crippen LogP contribution in [0, 0.1) is 0 Å². The van der Waals surface area contributed by atoms with Gasteiger partial charge in [0.25, 0.3) is 0 Å². The van der Waals surface area contributed by atoms with Gasteiger partial charge in [0, 0.05) is 24.8 Å². The molecule has 0 aliphatic heterocycles. The molecule has 0 atom stereocenters. The lowest BCUT2D eigenvalue weighted by molar-refractivity contribution is -0.121. The minimum Gasteiger partial charge on any atom is -0.396 e. The summed E-state index contributed by atoms with van der Waals surface area (Å²) in [6.07, 6.45) is 7.60. The van der Waals surface area contributed by atoms with Crippen molar-refractivity contribution < 1.29 is 9.90 Å². The SMILES string of the molecule is O=C(CCSCCCO)NC1CCCCC1. The van der Waals surface area contributed by atoms with Gasteiger partial charge in [-0.05, 0) is 25.0 Å². The molecule has 0 radical (unpaired) electrons. The molecule has 16 heavy (non-hydrogen) atoms. The molecular weight excluding hydrogens is 222 g/mol. The molecule has 0 spiro atoms. The number of amides is 1. The van der Waals surface area contributed by atoms with Gasteiger partial charge in [0.2, 0.25) is 5.91 Å². The third kappa shape index (κ3) is 6.38. The summed E-state index contributed by atoms with van der Waals surface area (Å²) in [6.45, 7) is 0.251. The molecule has 4 heteroatoms. The van der Waals surface area contributed by atoms with Gasteiger partial charge in [-0.15, -0.1) is 0 Å². The van der Waals surface area contributed by atoms with E-state index in [1.54, 1.807) is 11.8 Å². The number of hydrogen-bond donors (Lipinski definition) is 2. The Labute approximate surface area is 102 Å². The summed E-state index contributed by atoms with van der Waals surface area (Å²) >= 11 is 1.75. The van der Waals surface area contributed by atoms with Crippen LogP contribution >= 0.6 is 11.8 Å². The fourth-order valence-electron chi connectivity index (χ4n) is 1.98. The predicted molar refractivity (Wildman–Crippen MR) is 68.7 cm³/mol. The van der Waals surface area contributed by atoms with Gasteiger partial charge in [-0.1, -0.05) is 19.3 Å². The fraction of sp³-hybridized carbons (Fsp3) is 0.917. The lowest BCUT2D eigenvalue weighted by Gasteiger charge is -2.22. The van der Waals surface area contributed by atoms with E-state index in [-0.39, 0.29) is 12.5 Å². The van der Waals surface area contributed by atoms with Crippen molar-refractivity contribution in [3.8, 4) is 0 Å². The Morgan fingerprint density at radius 2 is 2.00 bits per heavy atom. The van der Waals surface area contributed by atoms with Gasteiger partial charge in [-0.3, -0.25) is 4.79 Å². The highest BCUT2D eigenvalue weighted by Gasteiger charge is 2.14. The van der Waals surface area contributed by atoms with Crippen molar-refractivity contribution in [3.63, 3.8) is 0 Å². The highest BCUT2D eigenvalue weighted by molar-refractivity contribution is 7.99. The quantitative estimate of drug-likeness (QED) is 0.674. The van der Waals surface area contributed by atoms with Gasteiger partial charge in [0.1, 0.15) is 0 Å². The summed E-state index contributed by atoms with van der Waals surface area (Å²) in [6, 6.07) is 0.434. The molecule has 3 nitrogen and oxygen atoms in total. The maximum atomic E-state index is 11.6. The summed E-state index contributed by atoms with van der Waals surface area (Å²) in [5, 5.41) is 11.7. The maximum Gasteiger partial charge on any atom is 0.221 e. The second kappa shape index (κ2) is 8.88. The van der Waals surface area contributed by atoms with Crippen molar-refractivity contribution in [1.29, 1.82) is 0 Å². The predicted octanol–water partition coefficient (Wildman–Crippen LogP) is 1.94. The zero-order chi connectivity index (χ0) is 11.6. The third-order valence-corrected chi connectivity index (χ3v) is 3.96. The topological polar surface area (TPSA) is 49.3 Å². The van der Waals surface area contributed by atoms with Crippen molar-refractivity contribution >= 4 is 17.7 Å². The van der Waals surface area contributed by atoms with E-state index in [1.165, 1.54) is 19.3 Å². The van der Waals surface area contributed by atoms with Crippen LogP contribution in [-0.2, 0) is 4.79 Å². The largest absolute Gasteiger partial charge is 0.396 e. The minimum atomic E-state index is 0.198. The molecule has 1 aliphatic carbocycles. The lowest BCUT2D eigenvalue weighted by Crippen LogP contribution is -2.36. The molecule has 1 amide bonds. The van der Waals surface area contributed by atoms with Crippen LogP contribution in [0.4, 0.5) is 0 Å². The smallest absolute Gasteiger partial charge is 0.221 e. The molecule has 1 rings (SSSR count). The number of carbonyl (C=O) groups excluding carboxylic acids is 1. The average molecular weight is 245 g/mol. The number of nitrogens with one attached hydrogen (secondary N) is 1. The Balaban J connectivity index is 1.97. The zero-order valence-electron chi connectivity index (χ0n) is 9.91. The number of aliphatic hydroxyl groups is 1. The normalized spacial score (nSPS) is 17.3. The standard InChI is InChI=1S/C12H23NO2S/c14-8-4-9-16-10-7-12(15)13-11-5-2-1-3-6-11/h11,14H,1-10H2,(H,13,15). The molecule has 0 aromatic rings. The monoisotopic (exact) mass is 245 g/mol. The second-order valence-corrected chi connectivity index (χ2v) is 5.57. The van der Waals surface area contributed by atoms with Crippen LogP contribution < -0.4 is 5.32 Å². The molecule has 0 bridgehead atoms. The van der Waals surface area contributed by atoms with Crippen LogP contribution in [0.3, 0.4) is 0 Å². The molecule has 0 unspecified atom stereocenters. The van der Waals surface area contributed by atoms with Crippen molar-refractivity contribution in [2.75, 3.05) is 18.1 Å². The van der Waals surface area contributed by atoms with Crippen LogP contribution in [0.1, 0.15) is 44.9 Å². The van der Waals surface area contributed by atoms with E-state index >= 15 is 0 Å². The molecule has 0 aromatic carbocycles.